The Balaban J connectivity index is 2.06. The summed E-state index contributed by atoms with van der Waals surface area (Å²) >= 11 is 5.77. The van der Waals surface area contributed by atoms with Gasteiger partial charge in [0.15, 0.2) is 0 Å². The number of nitrogens with two attached hydrogens (primary N) is 1. The van der Waals surface area contributed by atoms with E-state index >= 15 is 0 Å². The molecule has 1 saturated carbocycles. The van der Waals surface area contributed by atoms with Crippen LogP contribution in [0.25, 0.3) is 0 Å². The van der Waals surface area contributed by atoms with Gasteiger partial charge in [-0.3, -0.25) is 14.9 Å². The van der Waals surface area contributed by atoms with Gasteiger partial charge in [0.2, 0.25) is 5.91 Å². The van der Waals surface area contributed by atoms with E-state index in [-0.39, 0.29) is 28.7 Å². The van der Waals surface area contributed by atoms with E-state index in [0.717, 1.165) is 19.0 Å². The molecule has 1 fully saturated rings. The summed E-state index contributed by atoms with van der Waals surface area (Å²) in [5.74, 6) is -0.370. The maximum atomic E-state index is 11.1. The van der Waals surface area contributed by atoms with E-state index in [0.29, 0.717) is 18.5 Å². The summed E-state index contributed by atoms with van der Waals surface area (Å²) in [6, 6.07) is 1.52. The maximum Gasteiger partial charge on any atom is 0.310 e. The molecular formula is C12H15ClN4O3. The van der Waals surface area contributed by atoms with Crippen LogP contribution in [0.1, 0.15) is 25.7 Å². The van der Waals surface area contributed by atoms with E-state index in [1.54, 1.807) is 0 Å². The zero-order valence-corrected chi connectivity index (χ0v) is 11.5. The molecule has 108 valence electrons. The van der Waals surface area contributed by atoms with Gasteiger partial charge < -0.3 is 11.1 Å². The minimum atomic E-state index is -0.499. The number of carbonyl (C=O) groups excluding carboxylic acids is 1. The van der Waals surface area contributed by atoms with Crippen molar-refractivity contribution in [1.82, 2.24) is 4.98 Å². The topological polar surface area (TPSA) is 111 Å². The van der Waals surface area contributed by atoms with E-state index < -0.39 is 4.92 Å². The Labute approximate surface area is 120 Å². The third-order valence-electron chi connectivity index (χ3n) is 3.54. The fraction of sp³-hybridized carbons (Fsp3) is 0.500. The maximum absolute atomic E-state index is 11.1. The number of nitro groups is 1. The lowest BCUT2D eigenvalue weighted by atomic mass is 9.85. The summed E-state index contributed by atoms with van der Waals surface area (Å²) in [5.41, 5.74) is 5.53. The van der Waals surface area contributed by atoms with Crippen molar-refractivity contribution in [2.24, 2.45) is 11.7 Å². The second-order valence-corrected chi connectivity index (χ2v) is 5.26. The molecule has 0 aromatic carbocycles. The Bertz CT molecular complexity index is 529. The van der Waals surface area contributed by atoms with Gasteiger partial charge in [-0.1, -0.05) is 11.6 Å². The number of nitrogens with one attached hydrogen (secondary N) is 1. The second-order valence-electron chi connectivity index (χ2n) is 4.88. The molecule has 1 amide bonds. The van der Waals surface area contributed by atoms with Crippen LogP contribution in [0.2, 0.25) is 5.15 Å². The van der Waals surface area contributed by atoms with Gasteiger partial charge in [0.05, 0.1) is 4.92 Å². The average molecular weight is 299 g/mol. The molecule has 1 aliphatic carbocycles. The first-order valence-corrected chi connectivity index (χ1v) is 6.71. The Kier molecular flexibility index (Phi) is 4.39. The molecule has 1 aromatic heterocycles. The van der Waals surface area contributed by atoms with E-state index in [4.69, 9.17) is 17.3 Å². The Morgan fingerprint density at radius 2 is 2.10 bits per heavy atom. The van der Waals surface area contributed by atoms with E-state index in [2.05, 4.69) is 10.3 Å². The molecular weight excluding hydrogens is 284 g/mol. The Morgan fingerprint density at radius 1 is 1.45 bits per heavy atom. The first-order valence-electron chi connectivity index (χ1n) is 6.33. The van der Waals surface area contributed by atoms with Gasteiger partial charge in [-0.2, -0.15) is 0 Å². The molecule has 3 N–H and O–H groups in total. The average Bonchev–Trinajstić information content (AvgIpc) is 2.39. The molecule has 0 unspecified atom stereocenters. The van der Waals surface area contributed by atoms with Crippen LogP contribution < -0.4 is 11.1 Å². The number of carbonyl (C=O) groups is 1. The van der Waals surface area contributed by atoms with Crippen molar-refractivity contribution in [2.45, 2.75) is 31.7 Å². The lowest BCUT2D eigenvalue weighted by Crippen LogP contribution is -2.32. The van der Waals surface area contributed by atoms with Crippen molar-refractivity contribution in [3.63, 3.8) is 0 Å². The number of anilines is 1. The molecule has 0 aliphatic heterocycles. The highest BCUT2D eigenvalue weighted by Crippen LogP contribution is 2.31. The van der Waals surface area contributed by atoms with E-state index in [1.807, 2.05) is 0 Å². The van der Waals surface area contributed by atoms with Gasteiger partial charge in [-0.05, 0) is 25.7 Å². The zero-order valence-electron chi connectivity index (χ0n) is 10.7. The third-order valence-corrected chi connectivity index (χ3v) is 3.74. The lowest BCUT2D eigenvalue weighted by Gasteiger charge is -2.27. The van der Waals surface area contributed by atoms with Crippen LogP contribution in [0.15, 0.2) is 12.3 Å². The number of amides is 1. The Morgan fingerprint density at radius 3 is 2.65 bits per heavy atom. The van der Waals surface area contributed by atoms with Crippen LogP contribution in [0.3, 0.4) is 0 Å². The number of hydrogen-bond donors (Lipinski definition) is 2. The van der Waals surface area contributed by atoms with Crippen LogP contribution in [0, 0.1) is 16.0 Å². The fourth-order valence-corrected chi connectivity index (χ4v) is 2.58. The number of pyridine rings is 1. The summed E-state index contributed by atoms with van der Waals surface area (Å²) in [5, 5.41) is 14.2. The van der Waals surface area contributed by atoms with E-state index in [9.17, 15) is 14.9 Å². The first-order chi connectivity index (χ1) is 9.47. The van der Waals surface area contributed by atoms with Gasteiger partial charge in [0, 0.05) is 18.0 Å². The van der Waals surface area contributed by atoms with Crippen LogP contribution in [0.4, 0.5) is 11.4 Å². The van der Waals surface area contributed by atoms with Crippen molar-refractivity contribution in [1.29, 1.82) is 0 Å². The summed E-state index contributed by atoms with van der Waals surface area (Å²) in [6.45, 7) is 0. The highest BCUT2D eigenvalue weighted by molar-refractivity contribution is 6.29. The molecule has 20 heavy (non-hydrogen) atoms. The number of nitrogens with zero attached hydrogens (tertiary/aromatic N) is 2. The Hall–Kier alpha value is -1.89. The van der Waals surface area contributed by atoms with Gasteiger partial charge in [0.25, 0.3) is 0 Å². The highest BCUT2D eigenvalue weighted by Gasteiger charge is 2.26. The molecule has 0 spiro atoms. The zero-order chi connectivity index (χ0) is 14.7. The van der Waals surface area contributed by atoms with Crippen LogP contribution in [-0.4, -0.2) is 21.9 Å². The van der Waals surface area contributed by atoms with Crippen LogP contribution in [-0.2, 0) is 4.79 Å². The van der Waals surface area contributed by atoms with Crippen molar-refractivity contribution in [3.8, 4) is 0 Å². The summed E-state index contributed by atoms with van der Waals surface area (Å²) in [4.78, 5) is 25.2. The smallest absolute Gasteiger partial charge is 0.310 e. The molecule has 8 heteroatoms. The van der Waals surface area contributed by atoms with Gasteiger partial charge >= 0.3 is 5.69 Å². The fourth-order valence-electron chi connectivity index (χ4n) is 2.43. The highest BCUT2D eigenvalue weighted by atomic mass is 35.5. The third kappa shape index (κ3) is 3.36. The monoisotopic (exact) mass is 298 g/mol. The largest absolute Gasteiger partial charge is 0.377 e. The van der Waals surface area contributed by atoms with Crippen molar-refractivity contribution in [2.75, 3.05) is 5.32 Å². The van der Waals surface area contributed by atoms with Crippen molar-refractivity contribution < 1.29 is 9.72 Å². The minimum absolute atomic E-state index is 0.0720. The number of halogens is 1. The lowest BCUT2D eigenvalue weighted by molar-refractivity contribution is -0.384. The second kappa shape index (κ2) is 6.04. The first kappa shape index (κ1) is 14.5. The molecule has 1 heterocycles. The molecule has 7 nitrogen and oxygen atoms in total. The van der Waals surface area contributed by atoms with Gasteiger partial charge in [-0.15, -0.1) is 0 Å². The standard InChI is InChI=1S/C12H15ClN4O3/c13-11-5-9(10(6-15-11)17(19)20)16-8-3-1-7(2-4-8)12(14)18/h5-8H,1-4H2,(H2,14,18)(H,15,16)/t7-,8-. The summed E-state index contributed by atoms with van der Waals surface area (Å²) in [6.07, 6.45) is 4.01. The predicted octanol–water partition coefficient (Wildman–Crippen LogP) is 2.10. The SMILES string of the molecule is NC(=O)[C@H]1CC[C@H](Nc2cc(Cl)ncc2[N+](=O)[O-])CC1. The molecule has 2 rings (SSSR count). The number of primary amides is 1. The van der Waals surface area contributed by atoms with Gasteiger partial charge in [0.1, 0.15) is 17.0 Å². The van der Waals surface area contributed by atoms with Crippen LogP contribution >= 0.6 is 11.6 Å². The normalized spacial score (nSPS) is 22.2. The number of rotatable bonds is 4. The van der Waals surface area contributed by atoms with Crippen molar-refractivity contribution in [3.05, 3.63) is 27.5 Å². The quantitative estimate of drug-likeness (QED) is 0.502. The van der Waals surface area contributed by atoms with Crippen LogP contribution in [0.5, 0.6) is 0 Å². The predicted molar refractivity (Wildman–Crippen MR) is 74.5 cm³/mol. The molecule has 0 saturated heterocycles. The molecule has 0 atom stereocenters. The van der Waals surface area contributed by atoms with E-state index in [1.165, 1.54) is 6.07 Å². The van der Waals surface area contributed by atoms with Crippen molar-refractivity contribution >= 4 is 28.9 Å². The molecule has 1 aliphatic rings. The molecule has 1 aromatic rings. The van der Waals surface area contributed by atoms with Gasteiger partial charge in [-0.25, -0.2) is 4.98 Å². The number of hydrogen-bond acceptors (Lipinski definition) is 5. The summed E-state index contributed by atoms with van der Waals surface area (Å²) < 4.78 is 0. The summed E-state index contributed by atoms with van der Waals surface area (Å²) in [7, 11) is 0. The minimum Gasteiger partial charge on any atom is -0.377 e. The molecule has 0 radical (unpaired) electrons. The number of aromatic nitrogens is 1. The molecule has 0 bridgehead atoms.